The van der Waals surface area contributed by atoms with Gasteiger partial charge >= 0.3 is 0 Å². The highest BCUT2D eigenvalue weighted by atomic mass is 35.5. The average molecular weight is 255 g/mol. The van der Waals surface area contributed by atoms with E-state index in [9.17, 15) is 4.79 Å². The van der Waals surface area contributed by atoms with E-state index in [2.05, 4.69) is 10.6 Å². The molecule has 0 aliphatic heterocycles. The number of carbonyl (C=O) groups excluding carboxylic acids is 1. The average Bonchev–Trinajstić information content (AvgIpc) is 2.24. The summed E-state index contributed by atoms with van der Waals surface area (Å²) in [6, 6.07) is 5.48. The zero-order chi connectivity index (χ0) is 13.1. The molecule has 1 rings (SSSR count). The Morgan fingerprint density at radius 2 is 2.06 bits per heavy atom. The van der Waals surface area contributed by atoms with Gasteiger partial charge in [-0.3, -0.25) is 4.79 Å². The van der Waals surface area contributed by atoms with Crippen LogP contribution in [-0.4, -0.2) is 18.0 Å². The lowest BCUT2D eigenvalue weighted by Gasteiger charge is -2.25. The van der Waals surface area contributed by atoms with Gasteiger partial charge < -0.3 is 10.6 Å². The molecule has 94 valence electrons. The highest BCUT2D eigenvalue weighted by molar-refractivity contribution is 6.31. The van der Waals surface area contributed by atoms with Crippen LogP contribution in [0.25, 0.3) is 0 Å². The Balaban J connectivity index is 2.85. The molecule has 0 fully saturated rings. The summed E-state index contributed by atoms with van der Waals surface area (Å²) in [5.74, 6) is -0.0651. The fourth-order valence-corrected chi connectivity index (χ4v) is 1.72. The van der Waals surface area contributed by atoms with Gasteiger partial charge in [-0.25, -0.2) is 0 Å². The van der Waals surface area contributed by atoms with Crippen molar-refractivity contribution in [2.45, 2.75) is 33.2 Å². The lowest BCUT2D eigenvalue weighted by atomic mass is 10.0. The SMILES string of the molecule is CCNC(C)(C)C(=O)Nc1cccc(Cl)c1C. The quantitative estimate of drug-likeness (QED) is 0.867. The van der Waals surface area contributed by atoms with Gasteiger partial charge in [-0.15, -0.1) is 0 Å². The lowest BCUT2D eigenvalue weighted by molar-refractivity contribution is -0.121. The Morgan fingerprint density at radius 1 is 1.41 bits per heavy atom. The fraction of sp³-hybridized carbons (Fsp3) is 0.462. The fourth-order valence-electron chi connectivity index (χ4n) is 1.54. The Kier molecular flexibility index (Phi) is 4.54. The summed E-state index contributed by atoms with van der Waals surface area (Å²) >= 11 is 6.01. The van der Waals surface area contributed by atoms with Crippen LogP contribution in [0.5, 0.6) is 0 Å². The number of benzene rings is 1. The zero-order valence-electron chi connectivity index (χ0n) is 10.7. The number of amides is 1. The third-order valence-electron chi connectivity index (χ3n) is 2.70. The van der Waals surface area contributed by atoms with Crippen molar-refractivity contribution in [2.24, 2.45) is 0 Å². The van der Waals surface area contributed by atoms with Gasteiger partial charge in [0.15, 0.2) is 0 Å². The van der Waals surface area contributed by atoms with Crippen LogP contribution in [0.1, 0.15) is 26.3 Å². The largest absolute Gasteiger partial charge is 0.324 e. The van der Waals surface area contributed by atoms with Crippen LogP contribution in [0.4, 0.5) is 5.69 Å². The number of rotatable bonds is 4. The third-order valence-corrected chi connectivity index (χ3v) is 3.11. The molecule has 0 saturated heterocycles. The summed E-state index contributed by atoms with van der Waals surface area (Å²) in [6.07, 6.45) is 0. The van der Waals surface area contributed by atoms with E-state index < -0.39 is 5.54 Å². The van der Waals surface area contributed by atoms with Crippen molar-refractivity contribution in [3.05, 3.63) is 28.8 Å². The molecule has 17 heavy (non-hydrogen) atoms. The Labute approximate surface area is 108 Å². The minimum absolute atomic E-state index is 0.0651. The van der Waals surface area contributed by atoms with Gasteiger partial charge in [-0.1, -0.05) is 24.6 Å². The second-order valence-electron chi connectivity index (χ2n) is 4.52. The first kappa shape index (κ1) is 14.0. The predicted molar refractivity (Wildman–Crippen MR) is 72.6 cm³/mol. The topological polar surface area (TPSA) is 41.1 Å². The molecular formula is C13H19ClN2O. The van der Waals surface area contributed by atoms with E-state index >= 15 is 0 Å². The molecule has 0 unspecified atom stereocenters. The van der Waals surface area contributed by atoms with Crippen LogP contribution in [0.3, 0.4) is 0 Å². The van der Waals surface area contributed by atoms with E-state index in [-0.39, 0.29) is 5.91 Å². The van der Waals surface area contributed by atoms with Crippen molar-refractivity contribution in [2.75, 3.05) is 11.9 Å². The van der Waals surface area contributed by atoms with Crippen molar-refractivity contribution < 1.29 is 4.79 Å². The summed E-state index contributed by atoms with van der Waals surface area (Å²) in [5.41, 5.74) is 1.05. The number of halogens is 1. The number of hydrogen-bond acceptors (Lipinski definition) is 2. The Hall–Kier alpha value is -1.06. The highest BCUT2D eigenvalue weighted by Gasteiger charge is 2.26. The van der Waals surface area contributed by atoms with Crippen molar-refractivity contribution in [3.63, 3.8) is 0 Å². The van der Waals surface area contributed by atoms with E-state index in [1.165, 1.54) is 0 Å². The van der Waals surface area contributed by atoms with Gasteiger partial charge in [0.05, 0.1) is 5.54 Å². The number of nitrogens with one attached hydrogen (secondary N) is 2. The molecule has 0 radical (unpaired) electrons. The van der Waals surface area contributed by atoms with E-state index in [4.69, 9.17) is 11.6 Å². The molecule has 3 nitrogen and oxygen atoms in total. The first-order chi connectivity index (χ1) is 7.88. The third kappa shape index (κ3) is 3.45. The zero-order valence-corrected chi connectivity index (χ0v) is 11.5. The minimum Gasteiger partial charge on any atom is -0.324 e. The van der Waals surface area contributed by atoms with Crippen molar-refractivity contribution in [1.29, 1.82) is 0 Å². The van der Waals surface area contributed by atoms with Gasteiger partial charge in [-0.2, -0.15) is 0 Å². The summed E-state index contributed by atoms with van der Waals surface area (Å²) in [4.78, 5) is 12.1. The molecule has 0 heterocycles. The van der Waals surface area contributed by atoms with Crippen LogP contribution in [-0.2, 0) is 4.79 Å². The van der Waals surface area contributed by atoms with Gasteiger partial charge in [0.2, 0.25) is 5.91 Å². The number of hydrogen-bond donors (Lipinski definition) is 2. The maximum atomic E-state index is 12.1. The molecule has 1 aromatic rings. The lowest BCUT2D eigenvalue weighted by Crippen LogP contribution is -2.49. The molecule has 0 atom stereocenters. The predicted octanol–water partition coefficient (Wildman–Crippen LogP) is 2.98. The van der Waals surface area contributed by atoms with Crippen LogP contribution < -0.4 is 10.6 Å². The second kappa shape index (κ2) is 5.52. The molecule has 1 aromatic carbocycles. The normalized spacial score (nSPS) is 11.4. The standard InChI is InChI=1S/C13H19ClN2O/c1-5-15-13(3,4)12(17)16-11-8-6-7-10(14)9(11)2/h6-8,15H,5H2,1-4H3,(H,16,17). The molecule has 0 spiro atoms. The molecule has 0 aliphatic carbocycles. The molecule has 4 heteroatoms. The Bertz CT molecular complexity index is 416. The van der Waals surface area contributed by atoms with Gasteiger partial charge in [0.1, 0.15) is 0 Å². The summed E-state index contributed by atoms with van der Waals surface area (Å²) in [7, 11) is 0. The maximum absolute atomic E-state index is 12.1. The number of anilines is 1. The van der Waals surface area contributed by atoms with E-state index in [1.807, 2.05) is 45.9 Å². The summed E-state index contributed by atoms with van der Waals surface area (Å²) < 4.78 is 0. The molecular weight excluding hydrogens is 236 g/mol. The van der Waals surface area contributed by atoms with Gasteiger partial charge in [0, 0.05) is 10.7 Å². The van der Waals surface area contributed by atoms with E-state index in [0.717, 1.165) is 17.8 Å². The number of carbonyl (C=O) groups is 1. The molecule has 1 amide bonds. The molecule has 0 aliphatic rings. The maximum Gasteiger partial charge on any atom is 0.244 e. The molecule has 0 saturated carbocycles. The Morgan fingerprint density at radius 3 is 2.65 bits per heavy atom. The van der Waals surface area contributed by atoms with Crippen LogP contribution in [0, 0.1) is 6.92 Å². The smallest absolute Gasteiger partial charge is 0.244 e. The molecule has 0 aromatic heterocycles. The number of likely N-dealkylation sites (N-methyl/N-ethyl adjacent to an activating group) is 1. The van der Waals surface area contributed by atoms with Gasteiger partial charge in [0.25, 0.3) is 0 Å². The monoisotopic (exact) mass is 254 g/mol. The molecule has 0 bridgehead atoms. The molecule has 2 N–H and O–H groups in total. The van der Waals surface area contributed by atoms with E-state index in [1.54, 1.807) is 0 Å². The van der Waals surface area contributed by atoms with Crippen LogP contribution in [0.2, 0.25) is 5.02 Å². The van der Waals surface area contributed by atoms with Crippen molar-refractivity contribution in [1.82, 2.24) is 5.32 Å². The second-order valence-corrected chi connectivity index (χ2v) is 4.93. The highest BCUT2D eigenvalue weighted by Crippen LogP contribution is 2.23. The van der Waals surface area contributed by atoms with Crippen LogP contribution >= 0.6 is 11.6 Å². The van der Waals surface area contributed by atoms with Gasteiger partial charge in [-0.05, 0) is 45.0 Å². The first-order valence-corrected chi connectivity index (χ1v) is 6.08. The summed E-state index contributed by atoms with van der Waals surface area (Å²) in [5, 5.41) is 6.68. The summed E-state index contributed by atoms with van der Waals surface area (Å²) in [6.45, 7) is 8.31. The van der Waals surface area contributed by atoms with E-state index in [0.29, 0.717) is 5.02 Å². The minimum atomic E-state index is -0.594. The van der Waals surface area contributed by atoms with Crippen molar-refractivity contribution >= 4 is 23.2 Å². The van der Waals surface area contributed by atoms with Crippen LogP contribution in [0.15, 0.2) is 18.2 Å². The van der Waals surface area contributed by atoms with Crippen molar-refractivity contribution in [3.8, 4) is 0 Å². The first-order valence-electron chi connectivity index (χ1n) is 5.70.